The zero-order valence-corrected chi connectivity index (χ0v) is 15.7. The van der Waals surface area contributed by atoms with Gasteiger partial charge in [-0.1, -0.05) is 15.9 Å². The van der Waals surface area contributed by atoms with E-state index in [0.717, 1.165) is 19.4 Å². The minimum absolute atomic E-state index is 0.118. The third-order valence-electron chi connectivity index (χ3n) is 2.30. The maximum absolute atomic E-state index is 6.57. The highest BCUT2D eigenvalue weighted by molar-refractivity contribution is 14.1. The molecule has 1 unspecified atom stereocenters. The van der Waals surface area contributed by atoms with Crippen LogP contribution in [0.25, 0.3) is 0 Å². The quantitative estimate of drug-likeness (QED) is 0.322. The predicted molar refractivity (Wildman–Crippen MR) is 91.3 cm³/mol. The summed E-state index contributed by atoms with van der Waals surface area (Å²) in [6, 6.07) is 8.33. The lowest BCUT2D eigenvalue weighted by molar-refractivity contribution is 1.15. The van der Waals surface area contributed by atoms with E-state index >= 15 is 0 Å². The van der Waals surface area contributed by atoms with Gasteiger partial charge >= 0.3 is 0 Å². The van der Waals surface area contributed by atoms with Gasteiger partial charge in [0.15, 0.2) is 0 Å². The molecule has 2 aromatic rings. The Labute approximate surface area is 140 Å². The van der Waals surface area contributed by atoms with Gasteiger partial charge in [-0.05, 0) is 75.3 Å². The summed E-state index contributed by atoms with van der Waals surface area (Å²) in [5.41, 5.74) is 1.11. The molecule has 0 nitrogen and oxygen atoms in total. The largest absolute Gasteiger partial charge is 0.143 e. The second-order valence-electron chi connectivity index (χ2n) is 3.60. The van der Waals surface area contributed by atoms with Crippen LogP contribution in [0, 0.1) is 10.5 Å². The van der Waals surface area contributed by atoms with E-state index in [-0.39, 0.29) is 5.38 Å². The zero-order chi connectivity index (χ0) is 12.6. The molecule has 0 spiro atoms. The van der Waals surface area contributed by atoms with Gasteiger partial charge in [-0.25, -0.2) is 0 Å². The number of thiophene rings is 1. The standard InChI is InChI=1S/C12H8Br2ClIS/c1-6-4-10(14)12(17-6)11(15)8-5-7(16)2-3-9(8)13/h2-5,11H,1H3. The second-order valence-corrected chi connectivity index (χ2v) is 8.28. The topological polar surface area (TPSA) is 0 Å². The average molecular weight is 506 g/mol. The third-order valence-corrected chi connectivity index (χ3v) is 6.31. The molecule has 1 atom stereocenters. The number of benzene rings is 1. The average Bonchev–Trinajstić information content (AvgIpc) is 2.60. The maximum Gasteiger partial charge on any atom is 0.0950 e. The predicted octanol–water partition coefficient (Wildman–Crippen LogP) is 6.51. The molecule has 17 heavy (non-hydrogen) atoms. The smallest absolute Gasteiger partial charge is 0.0950 e. The summed E-state index contributed by atoms with van der Waals surface area (Å²) >= 11 is 17.7. The molecule has 0 bridgehead atoms. The van der Waals surface area contributed by atoms with E-state index in [4.69, 9.17) is 11.6 Å². The molecule has 90 valence electrons. The third kappa shape index (κ3) is 3.26. The number of hydrogen-bond acceptors (Lipinski definition) is 1. The van der Waals surface area contributed by atoms with Crippen LogP contribution >= 0.6 is 77.4 Å². The summed E-state index contributed by atoms with van der Waals surface area (Å²) < 4.78 is 3.33. The van der Waals surface area contributed by atoms with Crippen LogP contribution in [0.3, 0.4) is 0 Å². The molecular formula is C12H8Br2ClIS. The summed E-state index contributed by atoms with van der Waals surface area (Å²) in [5, 5.41) is -0.118. The summed E-state index contributed by atoms with van der Waals surface area (Å²) in [6.45, 7) is 2.09. The molecule has 0 amide bonds. The number of aryl methyl sites for hydroxylation is 1. The van der Waals surface area contributed by atoms with E-state index in [2.05, 4.69) is 79.6 Å². The molecule has 0 saturated carbocycles. The first-order valence-electron chi connectivity index (χ1n) is 4.84. The number of rotatable bonds is 2. The van der Waals surface area contributed by atoms with Gasteiger partial charge < -0.3 is 0 Å². The number of hydrogen-bond donors (Lipinski definition) is 0. The van der Waals surface area contributed by atoms with E-state index in [9.17, 15) is 0 Å². The van der Waals surface area contributed by atoms with Crippen molar-refractivity contribution in [3.8, 4) is 0 Å². The lowest BCUT2D eigenvalue weighted by Gasteiger charge is -2.11. The van der Waals surface area contributed by atoms with Crippen LogP contribution in [0.5, 0.6) is 0 Å². The second kappa shape index (κ2) is 5.90. The van der Waals surface area contributed by atoms with Crippen molar-refractivity contribution in [1.82, 2.24) is 0 Å². The van der Waals surface area contributed by atoms with Crippen LogP contribution in [-0.2, 0) is 0 Å². The van der Waals surface area contributed by atoms with Gasteiger partial charge in [-0.3, -0.25) is 0 Å². The minimum Gasteiger partial charge on any atom is -0.143 e. The fraction of sp³-hybridized carbons (Fsp3) is 0.167. The molecule has 0 aliphatic heterocycles. The van der Waals surface area contributed by atoms with Crippen LogP contribution in [0.1, 0.15) is 20.7 Å². The molecule has 0 aliphatic rings. The molecule has 0 radical (unpaired) electrons. The van der Waals surface area contributed by atoms with Crippen molar-refractivity contribution in [2.24, 2.45) is 0 Å². The van der Waals surface area contributed by atoms with Crippen molar-refractivity contribution in [2.45, 2.75) is 12.3 Å². The fourth-order valence-corrected chi connectivity index (χ4v) is 5.09. The maximum atomic E-state index is 6.57. The Balaban J connectivity index is 2.46. The first kappa shape index (κ1) is 14.3. The molecule has 0 fully saturated rings. The highest BCUT2D eigenvalue weighted by Gasteiger charge is 2.19. The van der Waals surface area contributed by atoms with E-state index in [0.29, 0.717) is 0 Å². The number of halogens is 4. The SMILES string of the molecule is Cc1cc(Br)c(C(Cl)c2cc(I)ccc2Br)s1. The lowest BCUT2D eigenvalue weighted by Crippen LogP contribution is -1.93. The van der Waals surface area contributed by atoms with Gasteiger partial charge in [0.2, 0.25) is 0 Å². The Morgan fingerprint density at radius 3 is 2.53 bits per heavy atom. The van der Waals surface area contributed by atoms with E-state index in [1.165, 1.54) is 8.45 Å². The summed E-state index contributed by atoms with van der Waals surface area (Å²) in [4.78, 5) is 2.42. The summed E-state index contributed by atoms with van der Waals surface area (Å²) in [6.07, 6.45) is 0. The Morgan fingerprint density at radius 2 is 1.94 bits per heavy atom. The Bertz CT molecular complexity index is 553. The van der Waals surface area contributed by atoms with E-state index in [1.807, 2.05) is 6.07 Å². The fourth-order valence-electron chi connectivity index (χ4n) is 1.52. The zero-order valence-electron chi connectivity index (χ0n) is 8.81. The van der Waals surface area contributed by atoms with Gasteiger partial charge in [-0.15, -0.1) is 22.9 Å². The summed E-state index contributed by atoms with van der Waals surface area (Å²) in [7, 11) is 0. The van der Waals surface area contributed by atoms with Gasteiger partial charge in [0.1, 0.15) is 0 Å². The van der Waals surface area contributed by atoms with Crippen molar-refractivity contribution >= 4 is 77.4 Å². The van der Waals surface area contributed by atoms with Crippen LogP contribution in [0.15, 0.2) is 33.2 Å². The molecule has 1 aromatic carbocycles. The molecular weight excluding hydrogens is 498 g/mol. The van der Waals surface area contributed by atoms with E-state index in [1.54, 1.807) is 11.3 Å². The van der Waals surface area contributed by atoms with Gasteiger partial charge in [-0.2, -0.15) is 0 Å². The van der Waals surface area contributed by atoms with Crippen LogP contribution in [0.4, 0.5) is 0 Å². The molecule has 0 aliphatic carbocycles. The van der Waals surface area contributed by atoms with Crippen molar-refractivity contribution in [2.75, 3.05) is 0 Å². The number of alkyl halides is 1. The van der Waals surface area contributed by atoms with Crippen molar-refractivity contribution in [1.29, 1.82) is 0 Å². The Hall–Kier alpha value is 0.900. The normalized spacial score (nSPS) is 12.8. The highest BCUT2D eigenvalue weighted by Crippen LogP contribution is 2.41. The van der Waals surface area contributed by atoms with Crippen molar-refractivity contribution < 1.29 is 0 Å². The van der Waals surface area contributed by atoms with Crippen LogP contribution in [0.2, 0.25) is 0 Å². The molecule has 5 heteroatoms. The first-order chi connectivity index (χ1) is 7.99. The highest BCUT2D eigenvalue weighted by atomic mass is 127. The molecule has 0 saturated heterocycles. The van der Waals surface area contributed by atoms with E-state index < -0.39 is 0 Å². The molecule has 2 rings (SSSR count). The molecule has 1 aromatic heterocycles. The van der Waals surface area contributed by atoms with Crippen LogP contribution < -0.4 is 0 Å². The lowest BCUT2D eigenvalue weighted by atomic mass is 10.1. The molecule has 0 N–H and O–H groups in total. The van der Waals surface area contributed by atoms with Crippen molar-refractivity contribution in [3.05, 3.63) is 52.1 Å². The van der Waals surface area contributed by atoms with Gasteiger partial charge in [0.05, 0.1) is 5.38 Å². The van der Waals surface area contributed by atoms with Crippen LogP contribution in [-0.4, -0.2) is 0 Å². The Kier molecular flexibility index (Phi) is 4.97. The monoisotopic (exact) mass is 504 g/mol. The Morgan fingerprint density at radius 1 is 1.24 bits per heavy atom. The molecule has 1 heterocycles. The van der Waals surface area contributed by atoms with Gasteiger partial charge in [0.25, 0.3) is 0 Å². The minimum atomic E-state index is -0.118. The van der Waals surface area contributed by atoms with Gasteiger partial charge in [0, 0.05) is 22.3 Å². The first-order valence-corrected chi connectivity index (χ1v) is 8.75. The summed E-state index contributed by atoms with van der Waals surface area (Å²) in [5.74, 6) is 0. The van der Waals surface area contributed by atoms with Crippen molar-refractivity contribution in [3.63, 3.8) is 0 Å².